The lowest BCUT2D eigenvalue weighted by Crippen LogP contribution is -2.33. The summed E-state index contributed by atoms with van der Waals surface area (Å²) in [5.41, 5.74) is 0. The molecule has 0 aliphatic carbocycles. The van der Waals surface area contributed by atoms with Gasteiger partial charge in [-0.25, -0.2) is 19.3 Å². The molecule has 0 unspecified atom stereocenters. The van der Waals surface area contributed by atoms with Gasteiger partial charge >= 0.3 is 5.76 Å². The second kappa shape index (κ2) is 6.09. The predicted octanol–water partition coefficient (Wildman–Crippen LogP) is 0.0655. The van der Waals surface area contributed by atoms with Crippen molar-refractivity contribution in [2.45, 2.75) is 20.4 Å². The van der Waals surface area contributed by atoms with Crippen molar-refractivity contribution in [2.24, 2.45) is 5.92 Å². The molecule has 2 rings (SSSR count). The van der Waals surface area contributed by atoms with Gasteiger partial charge in [0.1, 0.15) is 6.54 Å². The Morgan fingerprint density at radius 2 is 2.10 bits per heavy atom. The zero-order valence-electron chi connectivity index (χ0n) is 11.2. The van der Waals surface area contributed by atoms with E-state index in [2.05, 4.69) is 25.0 Å². The van der Waals surface area contributed by atoms with E-state index in [9.17, 15) is 9.59 Å². The first-order valence-electron chi connectivity index (χ1n) is 6.18. The maximum absolute atomic E-state index is 11.8. The summed E-state index contributed by atoms with van der Waals surface area (Å²) in [4.78, 5) is 31.3. The van der Waals surface area contributed by atoms with Gasteiger partial charge in [0.25, 0.3) is 0 Å². The monoisotopic (exact) mass is 277 g/mol. The SMILES string of the molecule is CC(C)CNC(=O)Cn1c(-c2ncccn2)noc1=O. The summed E-state index contributed by atoms with van der Waals surface area (Å²) < 4.78 is 5.68. The number of carbonyl (C=O) groups excluding carboxylic acids is 1. The fourth-order valence-electron chi connectivity index (χ4n) is 1.50. The van der Waals surface area contributed by atoms with Crippen LogP contribution in [0.15, 0.2) is 27.8 Å². The summed E-state index contributed by atoms with van der Waals surface area (Å²) >= 11 is 0. The Hall–Kier alpha value is -2.51. The van der Waals surface area contributed by atoms with E-state index in [1.165, 1.54) is 12.4 Å². The van der Waals surface area contributed by atoms with E-state index in [1.807, 2.05) is 13.8 Å². The lowest BCUT2D eigenvalue weighted by Gasteiger charge is -2.07. The first-order valence-corrected chi connectivity index (χ1v) is 6.18. The van der Waals surface area contributed by atoms with Crippen LogP contribution in [0.25, 0.3) is 11.6 Å². The van der Waals surface area contributed by atoms with Crippen molar-refractivity contribution in [2.75, 3.05) is 6.54 Å². The number of hydrogen-bond donors (Lipinski definition) is 1. The molecule has 2 heterocycles. The molecule has 0 saturated carbocycles. The number of nitrogens with one attached hydrogen (secondary N) is 1. The van der Waals surface area contributed by atoms with E-state index in [1.54, 1.807) is 6.07 Å². The Labute approximate surface area is 114 Å². The van der Waals surface area contributed by atoms with Crippen molar-refractivity contribution in [1.82, 2.24) is 25.0 Å². The third-order valence-electron chi connectivity index (χ3n) is 2.46. The summed E-state index contributed by atoms with van der Waals surface area (Å²) in [6.45, 7) is 4.32. The molecule has 0 aliphatic heterocycles. The largest absolute Gasteiger partial charge is 0.442 e. The van der Waals surface area contributed by atoms with E-state index >= 15 is 0 Å². The molecule has 2 aromatic rings. The molecule has 8 nitrogen and oxygen atoms in total. The standard InChI is InChI=1S/C12H15N5O3/c1-8(2)6-15-9(18)7-17-11(16-20-12(17)19)10-13-4-3-5-14-10/h3-5,8H,6-7H2,1-2H3,(H,15,18). The van der Waals surface area contributed by atoms with Gasteiger partial charge in [-0.2, -0.15) is 0 Å². The van der Waals surface area contributed by atoms with Crippen molar-refractivity contribution in [3.63, 3.8) is 0 Å². The molecule has 0 radical (unpaired) electrons. The summed E-state index contributed by atoms with van der Waals surface area (Å²) in [5, 5.41) is 6.32. The van der Waals surface area contributed by atoms with Crippen molar-refractivity contribution < 1.29 is 9.32 Å². The first-order chi connectivity index (χ1) is 9.58. The van der Waals surface area contributed by atoms with Crippen LogP contribution in [0.3, 0.4) is 0 Å². The maximum atomic E-state index is 11.8. The first kappa shape index (κ1) is 13.9. The molecule has 8 heteroatoms. The van der Waals surface area contributed by atoms with E-state index in [-0.39, 0.29) is 24.1 Å². The van der Waals surface area contributed by atoms with Gasteiger partial charge in [0, 0.05) is 18.9 Å². The van der Waals surface area contributed by atoms with Gasteiger partial charge < -0.3 is 5.32 Å². The zero-order chi connectivity index (χ0) is 14.5. The molecule has 1 N–H and O–H groups in total. The highest BCUT2D eigenvalue weighted by Crippen LogP contribution is 2.08. The molecule has 2 aromatic heterocycles. The Kier molecular flexibility index (Phi) is 4.24. The van der Waals surface area contributed by atoms with Crippen molar-refractivity contribution in [3.8, 4) is 11.6 Å². The van der Waals surface area contributed by atoms with Crippen molar-refractivity contribution >= 4 is 5.91 Å². The van der Waals surface area contributed by atoms with Gasteiger partial charge in [0.05, 0.1) is 0 Å². The average molecular weight is 277 g/mol. The third kappa shape index (κ3) is 3.28. The van der Waals surface area contributed by atoms with E-state index in [4.69, 9.17) is 0 Å². The molecule has 0 aliphatic rings. The van der Waals surface area contributed by atoms with Crippen LogP contribution >= 0.6 is 0 Å². The van der Waals surface area contributed by atoms with Gasteiger partial charge in [-0.05, 0) is 12.0 Å². The predicted molar refractivity (Wildman–Crippen MR) is 69.6 cm³/mol. The molecule has 1 amide bonds. The lowest BCUT2D eigenvalue weighted by atomic mass is 10.2. The second-order valence-electron chi connectivity index (χ2n) is 4.63. The highest BCUT2D eigenvalue weighted by molar-refractivity contribution is 5.76. The number of hydrogen-bond acceptors (Lipinski definition) is 6. The Balaban J connectivity index is 2.18. The number of carbonyl (C=O) groups is 1. The smallest absolute Gasteiger partial charge is 0.354 e. The minimum Gasteiger partial charge on any atom is -0.354 e. The molecule has 0 saturated heterocycles. The van der Waals surface area contributed by atoms with Crippen LogP contribution in [0.2, 0.25) is 0 Å². The zero-order valence-corrected chi connectivity index (χ0v) is 11.2. The van der Waals surface area contributed by atoms with Gasteiger partial charge in [-0.3, -0.25) is 9.32 Å². The van der Waals surface area contributed by atoms with Crippen LogP contribution in [0, 0.1) is 5.92 Å². The van der Waals surface area contributed by atoms with Crippen LogP contribution in [0.1, 0.15) is 13.8 Å². The molecule has 0 fully saturated rings. The second-order valence-corrected chi connectivity index (χ2v) is 4.63. The lowest BCUT2D eigenvalue weighted by molar-refractivity contribution is -0.121. The van der Waals surface area contributed by atoms with Gasteiger partial charge in [0.15, 0.2) is 5.82 Å². The Bertz CT molecular complexity index is 632. The van der Waals surface area contributed by atoms with E-state index < -0.39 is 5.76 Å². The van der Waals surface area contributed by atoms with Crippen molar-refractivity contribution in [1.29, 1.82) is 0 Å². The van der Waals surface area contributed by atoms with Gasteiger partial charge in [-0.15, -0.1) is 0 Å². The van der Waals surface area contributed by atoms with E-state index in [0.29, 0.717) is 12.5 Å². The summed E-state index contributed by atoms with van der Waals surface area (Å²) in [6, 6.07) is 1.64. The molecule has 0 spiro atoms. The van der Waals surface area contributed by atoms with Crippen LogP contribution in [0.4, 0.5) is 0 Å². The summed E-state index contributed by atoms with van der Waals surface area (Å²) in [5.74, 6) is -0.311. The number of rotatable bonds is 5. The van der Waals surface area contributed by atoms with Crippen LogP contribution in [-0.4, -0.2) is 32.1 Å². The molecule has 106 valence electrons. The highest BCUT2D eigenvalue weighted by Gasteiger charge is 2.17. The molecular formula is C12H15N5O3. The van der Waals surface area contributed by atoms with Crippen LogP contribution < -0.4 is 11.1 Å². The summed E-state index contributed by atoms with van der Waals surface area (Å²) in [6.07, 6.45) is 3.04. The Morgan fingerprint density at radius 3 is 2.75 bits per heavy atom. The maximum Gasteiger partial charge on any atom is 0.442 e. The minimum absolute atomic E-state index is 0.135. The topological polar surface area (TPSA) is 103 Å². The third-order valence-corrected chi connectivity index (χ3v) is 2.46. The number of nitrogens with zero attached hydrogens (tertiary/aromatic N) is 4. The normalized spacial score (nSPS) is 10.8. The minimum atomic E-state index is -0.716. The van der Waals surface area contributed by atoms with E-state index in [0.717, 1.165) is 4.57 Å². The molecule has 0 aromatic carbocycles. The molecule has 20 heavy (non-hydrogen) atoms. The molecular weight excluding hydrogens is 262 g/mol. The number of amides is 1. The number of aromatic nitrogens is 4. The average Bonchev–Trinajstić information content (AvgIpc) is 2.79. The highest BCUT2D eigenvalue weighted by atomic mass is 16.5. The summed E-state index contributed by atoms with van der Waals surface area (Å²) in [7, 11) is 0. The quantitative estimate of drug-likeness (QED) is 0.829. The fraction of sp³-hybridized carbons (Fsp3) is 0.417. The molecule has 0 bridgehead atoms. The van der Waals surface area contributed by atoms with Crippen LogP contribution in [0.5, 0.6) is 0 Å². The Morgan fingerprint density at radius 1 is 1.40 bits per heavy atom. The van der Waals surface area contributed by atoms with Crippen LogP contribution in [-0.2, 0) is 11.3 Å². The van der Waals surface area contributed by atoms with Crippen molar-refractivity contribution in [3.05, 3.63) is 29.0 Å². The molecule has 0 atom stereocenters. The fourth-order valence-corrected chi connectivity index (χ4v) is 1.50. The van der Waals surface area contributed by atoms with Gasteiger partial charge in [0.2, 0.25) is 11.7 Å². The van der Waals surface area contributed by atoms with Gasteiger partial charge in [-0.1, -0.05) is 19.0 Å².